The Kier molecular flexibility index (Phi) is 5.23. The van der Waals surface area contributed by atoms with Crippen LogP contribution >= 0.6 is 15.9 Å². The molecule has 2 heterocycles. The minimum Gasteiger partial charge on any atom is -0.355 e. The quantitative estimate of drug-likeness (QED) is 0.890. The number of piperidine rings is 1. The zero-order chi connectivity index (χ0) is 16.1. The number of carbonyl (C=O) groups is 1. The number of hydrogen-bond acceptors (Lipinski definition) is 4. The van der Waals surface area contributed by atoms with Gasteiger partial charge in [-0.1, -0.05) is 34.1 Å². The maximum atomic E-state index is 12.1. The molecule has 1 N–H and O–H groups in total. The Morgan fingerprint density at radius 1 is 1.09 bits per heavy atom. The van der Waals surface area contributed by atoms with Crippen LogP contribution in [0.4, 0.5) is 11.6 Å². The van der Waals surface area contributed by atoms with Gasteiger partial charge in [-0.2, -0.15) is 0 Å². The van der Waals surface area contributed by atoms with Crippen molar-refractivity contribution in [2.75, 3.05) is 23.3 Å². The molecule has 3 rings (SSSR count). The Labute approximate surface area is 144 Å². The Morgan fingerprint density at radius 3 is 2.57 bits per heavy atom. The molecule has 0 radical (unpaired) electrons. The summed E-state index contributed by atoms with van der Waals surface area (Å²) in [5, 5.41) is 11.2. The van der Waals surface area contributed by atoms with E-state index in [1.54, 1.807) is 0 Å². The molecule has 0 aliphatic carbocycles. The molecule has 23 heavy (non-hydrogen) atoms. The van der Waals surface area contributed by atoms with E-state index in [-0.39, 0.29) is 5.91 Å². The van der Waals surface area contributed by atoms with E-state index >= 15 is 0 Å². The van der Waals surface area contributed by atoms with Gasteiger partial charge in [0.2, 0.25) is 5.91 Å². The van der Waals surface area contributed by atoms with Gasteiger partial charge in [-0.3, -0.25) is 4.79 Å². The highest BCUT2D eigenvalue weighted by Gasteiger charge is 2.13. The monoisotopic (exact) mass is 374 g/mol. The van der Waals surface area contributed by atoms with Gasteiger partial charge in [0, 0.05) is 17.6 Å². The Balaban J connectivity index is 1.59. The number of nitrogens with one attached hydrogen (secondary N) is 1. The van der Waals surface area contributed by atoms with Crippen LogP contribution in [0.5, 0.6) is 0 Å². The number of anilines is 2. The van der Waals surface area contributed by atoms with Crippen LogP contribution in [-0.4, -0.2) is 29.2 Å². The second kappa shape index (κ2) is 7.55. The summed E-state index contributed by atoms with van der Waals surface area (Å²) in [4.78, 5) is 14.3. The molecule has 0 unspecified atom stereocenters. The number of carbonyl (C=O) groups excluding carboxylic acids is 1. The lowest BCUT2D eigenvalue weighted by Gasteiger charge is -2.27. The number of benzene rings is 1. The molecule has 2 aromatic rings. The van der Waals surface area contributed by atoms with Gasteiger partial charge in [-0.15, -0.1) is 10.2 Å². The molecule has 1 aromatic carbocycles. The van der Waals surface area contributed by atoms with E-state index < -0.39 is 0 Å². The zero-order valence-corrected chi connectivity index (χ0v) is 14.4. The van der Waals surface area contributed by atoms with Crippen LogP contribution in [0.15, 0.2) is 40.9 Å². The summed E-state index contributed by atoms with van der Waals surface area (Å²) < 4.78 is 0.932. The first-order chi connectivity index (χ1) is 11.2. The van der Waals surface area contributed by atoms with Crippen LogP contribution in [-0.2, 0) is 11.2 Å². The summed E-state index contributed by atoms with van der Waals surface area (Å²) in [6, 6.07) is 11.4. The molecule has 1 saturated heterocycles. The molecule has 1 amide bonds. The van der Waals surface area contributed by atoms with Crippen LogP contribution in [0, 0.1) is 0 Å². The van der Waals surface area contributed by atoms with Gasteiger partial charge in [0.15, 0.2) is 11.6 Å². The summed E-state index contributed by atoms with van der Waals surface area (Å²) in [5.41, 5.74) is 0.947. The van der Waals surface area contributed by atoms with Crippen molar-refractivity contribution in [1.29, 1.82) is 0 Å². The van der Waals surface area contributed by atoms with Crippen LogP contribution in [0.25, 0.3) is 0 Å². The summed E-state index contributed by atoms with van der Waals surface area (Å²) in [6.07, 6.45) is 3.99. The van der Waals surface area contributed by atoms with Crippen molar-refractivity contribution >= 4 is 33.5 Å². The fourth-order valence-corrected chi connectivity index (χ4v) is 3.11. The summed E-state index contributed by atoms with van der Waals surface area (Å²) in [7, 11) is 0. The van der Waals surface area contributed by atoms with E-state index in [0.717, 1.165) is 28.9 Å². The van der Waals surface area contributed by atoms with E-state index in [4.69, 9.17) is 0 Å². The molecule has 6 heteroatoms. The second-order valence-corrected chi connectivity index (χ2v) is 6.50. The lowest BCUT2D eigenvalue weighted by Crippen LogP contribution is -2.30. The van der Waals surface area contributed by atoms with Crippen LogP contribution in [0.2, 0.25) is 0 Å². The zero-order valence-electron chi connectivity index (χ0n) is 12.8. The molecule has 0 bridgehead atoms. The van der Waals surface area contributed by atoms with E-state index in [9.17, 15) is 4.79 Å². The fourth-order valence-electron chi connectivity index (χ4n) is 2.69. The van der Waals surface area contributed by atoms with Gasteiger partial charge in [0.25, 0.3) is 0 Å². The predicted molar refractivity (Wildman–Crippen MR) is 94.6 cm³/mol. The third-order valence-electron chi connectivity index (χ3n) is 3.91. The number of rotatable bonds is 4. The molecule has 120 valence electrons. The highest BCUT2D eigenvalue weighted by Crippen LogP contribution is 2.19. The average Bonchev–Trinajstić information content (AvgIpc) is 2.58. The number of aromatic nitrogens is 2. The molecule has 1 fully saturated rings. The average molecular weight is 375 g/mol. The van der Waals surface area contributed by atoms with Crippen molar-refractivity contribution < 1.29 is 4.79 Å². The lowest BCUT2D eigenvalue weighted by atomic mass is 10.1. The highest BCUT2D eigenvalue weighted by atomic mass is 79.9. The van der Waals surface area contributed by atoms with Crippen LogP contribution in [0.3, 0.4) is 0 Å². The molecule has 0 saturated carbocycles. The minimum absolute atomic E-state index is 0.100. The third-order valence-corrected chi connectivity index (χ3v) is 4.68. The molecular formula is C17H19BrN4O. The number of amides is 1. The van der Waals surface area contributed by atoms with Crippen molar-refractivity contribution in [2.24, 2.45) is 0 Å². The van der Waals surface area contributed by atoms with E-state index in [2.05, 4.69) is 36.3 Å². The SMILES string of the molecule is O=C(Cc1ccccc1Br)Nc1ccc(N2CCCCC2)nn1. The van der Waals surface area contributed by atoms with Gasteiger partial charge in [-0.05, 0) is 43.0 Å². The largest absolute Gasteiger partial charge is 0.355 e. The number of nitrogens with zero attached hydrogens (tertiary/aromatic N) is 3. The van der Waals surface area contributed by atoms with Gasteiger partial charge >= 0.3 is 0 Å². The molecule has 1 aliphatic rings. The van der Waals surface area contributed by atoms with Crippen molar-refractivity contribution in [3.8, 4) is 0 Å². The van der Waals surface area contributed by atoms with Gasteiger partial charge < -0.3 is 10.2 Å². The van der Waals surface area contributed by atoms with Gasteiger partial charge in [0.05, 0.1) is 6.42 Å². The predicted octanol–water partition coefficient (Wildman–Crippen LogP) is 3.41. The smallest absolute Gasteiger partial charge is 0.230 e. The summed E-state index contributed by atoms with van der Waals surface area (Å²) in [5.74, 6) is 1.27. The molecular weight excluding hydrogens is 356 g/mol. The van der Waals surface area contributed by atoms with Crippen LogP contribution < -0.4 is 10.2 Å². The van der Waals surface area contributed by atoms with Crippen molar-refractivity contribution in [3.63, 3.8) is 0 Å². The number of hydrogen-bond donors (Lipinski definition) is 1. The summed E-state index contributed by atoms with van der Waals surface area (Å²) in [6.45, 7) is 2.06. The molecule has 1 aliphatic heterocycles. The molecule has 5 nitrogen and oxygen atoms in total. The molecule has 0 atom stereocenters. The lowest BCUT2D eigenvalue weighted by molar-refractivity contribution is -0.115. The molecule has 0 spiro atoms. The Hall–Kier alpha value is -1.95. The summed E-state index contributed by atoms with van der Waals surface area (Å²) >= 11 is 3.45. The second-order valence-electron chi connectivity index (χ2n) is 5.64. The van der Waals surface area contributed by atoms with E-state index in [0.29, 0.717) is 12.2 Å². The third kappa shape index (κ3) is 4.28. The minimum atomic E-state index is -0.100. The van der Waals surface area contributed by atoms with Gasteiger partial charge in [-0.25, -0.2) is 0 Å². The maximum absolute atomic E-state index is 12.1. The normalized spacial score (nSPS) is 14.6. The number of halogens is 1. The first-order valence-corrected chi connectivity index (χ1v) is 8.63. The maximum Gasteiger partial charge on any atom is 0.230 e. The topological polar surface area (TPSA) is 58.1 Å². The Morgan fingerprint density at radius 2 is 1.87 bits per heavy atom. The van der Waals surface area contributed by atoms with Crippen molar-refractivity contribution in [3.05, 3.63) is 46.4 Å². The van der Waals surface area contributed by atoms with Gasteiger partial charge in [0.1, 0.15) is 0 Å². The Bertz CT molecular complexity index is 669. The van der Waals surface area contributed by atoms with Crippen molar-refractivity contribution in [1.82, 2.24) is 10.2 Å². The standard InChI is InChI=1S/C17H19BrN4O/c18-14-7-3-2-6-13(14)12-17(23)19-15-8-9-16(21-20-15)22-10-4-1-5-11-22/h2-3,6-9H,1,4-5,10-12H2,(H,19,20,23). The van der Waals surface area contributed by atoms with Crippen molar-refractivity contribution in [2.45, 2.75) is 25.7 Å². The van der Waals surface area contributed by atoms with Crippen LogP contribution in [0.1, 0.15) is 24.8 Å². The highest BCUT2D eigenvalue weighted by molar-refractivity contribution is 9.10. The van der Waals surface area contributed by atoms with E-state index in [1.807, 2.05) is 36.4 Å². The van der Waals surface area contributed by atoms with E-state index in [1.165, 1.54) is 19.3 Å². The fraction of sp³-hybridized carbons (Fsp3) is 0.353. The first kappa shape index (κ1) is 15.9. The molecule has 1 aromatic heterocycles. The first-order valence-electron chi connectivity index (χ1n) is 7.84.